The van der Waals surface area contributed by atoms with Crippen LogP contribution < -0.4 is 11.1 Å². The molecule has 2 amide bonds. The first kappa shape index (κ1) is 25.5. The van der Waals surface area contributed by atoms with Crippen LogP contribution in [0.1, 0.15) is 33.5 Å². The van der Waals surface area contributed by atoms with Gasteiger partial charge in [-0.2, -0.15) is 0 Å². The summed E-state index contributed by atoms with van der Waals surface area (Å²) in [4.78, 5) is 34.8. The highest BCUT2D eigenvalue weighted by Gasteiger charge is 2.41. The lowest BCUT2D eigenvalue weighted by Crippen LogP contribution is -2.47. The lowest BCUT2D eigenvalue weighted by atomic mass is 10.1. The largest absolute Gasteiger partial charge is 0.353 e. The van der Waals surface area contributed by atoms with E-state index in [1.807, 2.05) is 6.07 Å². The molecule has 2 atom stereocenters. The molecule has 3 aromatic rings. The number of likely N-dealkylation sites (tertiary alicyclic amines) is 1. The van der Waals surface area contributed by atoms with Gasteiger partial charge in [-0.3, -0.25) is 19.5 Å². The molecule has 1 saturated heterocycles. The molecule has 1 aromatic heterocycles. The van der Waals surface area contributed by atoms with Crippen molar-refractivity contribution in [3.05, 3.63) is 101 Å². The summed E-state index contributed by atoms with van der Waals surface area (Å²) in [6.07, 6.45) is 4.67. The van der Waals surface area contributed by atoms with Crippen LogP contribution in [-0.4, -0.2) is 64.9 Å². The smallest absolute Gasteiger partial charge is 0.256 e. The quantitative estimate of drug-likeness (QED) is 0.461. The van der Waals surface area contributed by atoms with Gasteiger partial charge in [0.05, 0.1) is 5.56 Å². The maximum atomic E-state index is 13.4. The monoisotopic (exact) mass is 485 g/mol. The van der Waals surface area contributed by atoms with Crippen LogP contribution in [0.15, 0.2) is 79.1 Å². The minimum atomic E-state index is -0.550. The highest BCUT2D eigenvalue weighted by molar-refractivity contribution is 5.97. The number of carbonyl (C=O) groups is 2. The second-order valence-corrected chi connectivity index (χ2v) is 9.38. The molecule has 0 spiro atoms. The van der Waals surface area contributed by atoms with E-state index in [4.69, 9.17) is 5.73 Å². The number of amides is 2. The zero-order valence-corrected chi connectivity index (χ0v) is 20.8. The van der Waals surface area contributed by atoms with Crippen LogP contribution in [0.3, 0.4) is 0 Å². The zero-order chi connectivity index (χ0) is 25.3. The maximum Gasteiger partial charge on any atom is 0.256 e. The van der Waals surface area contributed by atoms with Crippen molar-refractivity contribution in [2.24, 2.45) is 5.73 Å². The number of nitrogens with zero attached hydrogens (tertiary/aromatic N) is 3. The molecule has 2 unspecified atom stereocenters. The van der Waals surface area contributed by atoms with Crippen molar-refractivity contribution in [2.45, 2.75) is 38.4 Å². The topological polar surface area (TPSA) is 91.6 Å². The van der Waals surface area contributed by atoms with E-state index in [1.165, 1.54) is 16.7 Å². The average molecular weight is 486 g/mol. The van der Waals surface area contributed by atoms with E-state index in [0.29, 0.717) is 31.6 Å². The van der Waals surface area contributed by atoms with Gasteiger partial charge in [0, 0.05) is 51.2 Å². The lowest BCUT2D eigenvalue weighted by molar-refractivity contribution is -0.124. The van der Waals surface area contributed by atoms with Crippen molar-refractivity contribution in [1.29, 1.82) is 0 Å². The van der Waals surface area contributed by atoms with Gasteiger partial charge >= 0.3 is 0 Å². The highest BCUT2D eigenvalue weighted by atomic mass is 16.2. The van der Waals surface area contributed by atoms with Gasteiger partial charge in [0.15, 0.2) is 0 Å². The number of carbonyl (C=O) groups excluding carboxylic acids is 2. The van der Waals surface area contributed by atoms with Crippen molar-refractivity contribution in [3.8, 4) is 0 Å². The maximum absolute atomic E-state index is 13.4. The van der Waals surface area contributed by atoms with E-state index in [9.17, 15) is 9.59 Å². The Balaban J connectivity index is 1.57. The third-order valence-electron chi connectivity index (χ3n) is 6.75. The minimum absolute atomic E-state index is 0.0456. The zero-order valence-electron chi connectivity index (χ0n) is 20.8. The number of hydrogen-bond acceptors (Lipinski definition) is 5. The number of aryl methyl sites for hydroxylation is 1. The van der Waals surface area contributed by atoms with Crippen LogP contribution in [0.4, 0.5) is 0 Å². The molecule has 3 N–H and O–H groups in total. The Morgan fingerprint density at radius 1 is 1.06 bits per heavy atom. The Labute approximate surface area is 213 Å². The summed E-state index contributed by atoms with van der Waals surface area (Å²) >= 11 is 0. The average Bonchev–Trinajstić information content (AvgIpc) is 3.37. The molecule has 7 heteroatoms. The summed E-state index contributed by atoms with van der Waals surface area (Å²) in [5.41, 5.74) is 9.81. The van der Waals surface area contributed by atoms with Gasteiger partial charge in [-0.15, -0.1) is 0 Å². The molecule has 36 heavy (non-hydrogen) atoms. The summed E-state index contributed by atoms with van der Waals surface area (Å²) < 4.78 is 0. The molecule has 7 nitrogen and oxygen atoms in total. The van der Waals surface area contributed by atoms with Gasteiger partial charge in [-0.1, -0.05) is 60.2 Å². The Hall–Kier alpha value is -3.55. The van der Waals surface area contributed by atoms with Gasteiger partial charge in [0.2, 0.25) is 5.91 Å². The number of pyridine rings is 1. The van der Waals surface area contributed by atoms with E-state index in [0.717, 1.165) is 19.5 Å². The van der Waals surface area contributed by atoms with Crippen LogP contribution in [0.5, 0.6) is 0 Å². The van der Waals surface area contributed by atoms with Crippen LogP contribution in [0.2, 0.25) is 0 Å². The number of rotatable bonds is 10. The number of benzene rings is 2. The van der Waals surface area contributed by atoms with Crippen molar-refractivity contribution in [3.63, 3.8) is 0 Å². The van der Waals surface area contributed by atoms with E-state index >= 15 is 0 Å². The molecule has 4 rings (SSSR count). The van der Waals surface area contributed by atoms with Crippen LogP contribution in [0, 0.1) is 6.92 Å². The molecule has 1 fully saturated rings. The SMILES string of the molecule is Cc1ccc(CN(CCc2ccccc2)C2CC(C(=O)NCCN)N(C(=O)c3cccnc3)C2)cc1. The van der Waals surface area contributed by atoms with Crippen molar-refractivity contribution in [1.82, 2.24) is 20.1 Å². The van der Waals surface area contributed by atoms with Crippen molar-refractivity contribution >= 4 is 11.8 Å². The molecule has 1 aliphatic rings. The predicted molar refractivity (Wildman–Crippen MR) is 141 cm³/mol. The fourth-order valence-corrected chi connectivity index (χ4v) is 4.76. The molecular formula is C29H35N5O2. The number of nitrogens with one attached hydrogen (secondary N) is 1. The number of nitrogens with two attached hydrogens (primary N) is 1. The van der Waals surface area contributed by atoms with Gasteiger partial charge < -0.3 is 16.0 Å². The first-order chi connectivity index (χ1) is 17.5. The fraction of sp³-hybridized carbons (Fsp3) is 0.345. The van der Waals surface area contributed by atoms with E-state index in [-0.39, 0.29) is 17.9 Å². The molecule has 1 aliphatic heterocycles. The molecule has 188 valence electrons. The fourth-order valence-electron chi connectivity index (χ4n) is 4.76. The Morgan fingerprint density at radius 3 is 2.53 bits per heavy atom. The van der Waals surface area contributed by atoms with Crippen LogP contribution in [0.25, 0.3) is 0 Å². The van der Waals surface area contributed by atoms with Crippen LogP contribution in [-0.2, 0) is 17.8 Å². The van der Waals surface area contributed by atoms with Gasteiger partial charge in [-0.25, -0.2) is 0 Å². The third-order valence-corrected chi connectivity index (χ3v) is 6.75. The molecule has 2 aromatic carbocycles. The van der Waals surface area contributed by atoms with Crippen molar-refractivity contribution in [2.75, 3.05) is 26.2 Å². The first-order valence-corrected chi connectivity index (χ1v) is 12.6. The summed E-state index contributed by atoms with van der Waals surface area (Å²) in [7, 11) is 0. The third kappa shape index (κ3) is 6.56. The molecule has 0 aliphatic carbocycles. The van der Waals surface area contributed by atoms with E-state index in [1.54, 1.807) is 29.4 Å². The molecule has 2 heterocycles. The second-order valence-electron chi connectivity index (χ2n) is 9.38. The summed E-state index contributed by atoms with van der Waals surface area (Å²) in [6.45, 7) is 4.89. The highest BCUT2D eigenvalue weighted by Crippen LogP contribution is 2.26. The number of hydrogen-bond donors (Lipinski definition) is 2. The summed E-state index contributed by atoms with van der Waals surface area (Å²) in [6, 6.07) is 22.0. The Kier molecular flexibility index (Phi) is 8.81. The second kappa shape index (κ2) is 12.4. The van der Waals surface area contributed by atoms with Gasteiger partial charge in [0.25, 0.3) is 5.91 Å². The molecular weight excluding hydrogens is 450 g/mol. The molecule has 0 radical (unpaired) electrons. The normalized spacial score (nSPS) is 17.4. The first-order valence-electron chi connectivity index (χ1n) is 12.6. The summed E-state index contributed by atoms with van der Waals surface area (Å²) in [5, 5.41) is 2.89. The van der Waals surface area contributed by atoms with Gasteiger partial charge in [-0.05, 0) is 43.0 Å². The Bertz CT molecular complexity index is 1120. The standard InChI is InChI=1S/C29H35N5O2/c1-22-9-11-24(12-10-22)20-33(17-13-23-6-3-2-4-7-23)26-18-27(28(35)32-16-14-30)34(21-26)29(36)25-8-5-15-31-19-25/h2-12,15,19,26-27H,13-14,16-18,20-21,30H2,1H3,(H,32,35). The van der Waals surface area contributed by atoms with E-state index < -0.39 is 6.04 Å². The summed E-state index contributed by atoms with van der Waals surface area (Å²) in [5.74, 6) is -0.324. The minimum Gasteiger partial charge on any atom is -0.353 e. The predicted octanol–water partition coefficient (Wildman–Crippen LogP) is 2.79. The molecule has 0 bridgehead atoms. The van der Waals surface area contributed by atoms with Crippen molar-refractivity contribution < 1.29 is 9.59 Å². The van der Waals surface area contributed by atoms with Gasteiger partial charge in [0.1, 0.15) is 6.04 Å². The lowest BCUT2D eigenvalue weighted by Gasteiger charge is -2.29. The number of aromatic nitrogens is 1. The van der Waals surface area contributed by atoms with E-state index in [2.05, 4.69) is 70.7 Å². The van der Waals surface area contributed by atoms with Crippen LogP contribution >= 0.6 is 0 Å². The molecule has 0 saturated carbocycles. The Morgan fingerprint density at radius 2 is 1.83 bits per heavy atom.